The lowest BCUT2D eigenvalue weighted by Crippen LogP contribution is -2.24. The second kappa shape index (κ2) is 6.99. The fourth-order valence-corrected chi connectivity index (χ4v) is 2.07. The van der Waals surface area contributed by atoms with Crippen LogP contribution < -0.4 is 15.8 Å². The number of ether oxygens (including phenoxy) is 1. The number of rotatable bonds is 5. The van der Waals surface area contributed by atoms with Crippen LogP contribution in [0.25, 0.3) is 0 Å². The molecule has 0 unspecified atom stereocenters. The first-order valence-electron chi connectivity index (χ1n) is 6.52. The third-order valence-electron chi connectivity index (χ3n) is 3.06. The standard InChI is InChI=1S/C16H17ClN2O2/c1-21-15-7-4-12(8-14(15)18)10-19-16(20)9-11-2-5-13(17)6-3-11/h2-8H,9-10,18H2,1H3,(H,19,20). The van der Waals surface area contributed by atoms with E-state index >= 15 is 0 Å². The van der Waals surface area contributed by atoms with Gasteiger partial charge in [0.15, 0.2) is 0 Å². The molecular weight excluding hydrogens is 288 g/mol. The molecule has 0 bridgehead atoms. The molecule has 0 heterocycles. The molecule has 0 saturated carbocycles. The average molecular weight is 305 g/mol. The van der Waals surface area contributed by atoms with Crippen molar-refractivity contribution in [1.29, 1.82) is 0 Å². The van der Waals surface area contributed by atoms with E-state index in [1.165, 1.54) is 0 Å². The summed E-state index contributed by atoms with van der Waals surface area (Å²) in [5.41, 5.74) is 8.23. The van der Waals surface area contributed by atoms with E-state index in [1.807, 2.05) is 18.2 Å². The van der Waals surface area contributed by atoms with Gasteiger partial charge in [-0.25, -0.2) is 0 Å². The number of nitrogens with two attached hydrogens (primary N) is 1. The maximum atomic E-state index is 11.9. The normalized spacial score (nSPS) is 10.2. The Bertz CT molecular complexity index is 627. The van der Waals surface area contributed by atoms with Crippen molar-refractivity contribution in [2.45, 2.75) is 13.0 Å². The van der Waals surface area contributed by atoms with Crippen LogP contribution in [-0.4, -0.2) is 13.0 Å². The number of nitrogen functional groups attached to an aromatic ring is 1. The maximum absolute atomic E-state index is 11.9. The lowest BCUT2D eigenvalue weighted by molar-refractivity contribution is -0.120. The molecule has 0 aromatic heterocycles. The molecule has 2 aromatic rings. The third kappa shape index (κ3) is 4.39. The highest BCUT2D eigenvalue weighted by molar-refractivity contribution is 6.30. The Labute approximate surface area is 128 Å². The van der Waals surface area contributed by atoms with Crippen LogP contribution in [0.1, 0.15) is 11.1 Å². The van der Waals surface area contributed by atoms with Crippen molar-refractivity contribution in [3.63, 3.8) is 0 Å². The summed E-state index contributed by atoms with van der Waals surface area (Å²) in [5, 5.41) is 3.52. The molecular formula is C16H17ClN2O2. The van der Waals surface area contributed by atoms with Crippen LogP contribution in [0.3, 0.4) is 0 Å². The SMILES string of the molecule is COc1ccc(CNC(=O)Cc2ccc(Cl)cc2)cc1N. The molecule has 1 amide bonds. The average Bonchev–Trinajstić information content (AvgIpc) is 2.48. The number of hydrogen-bond donors (Lipinski definition) is 2. The Hall–Kier alpha value is -2.20. The van der Waals surface area contributed by atoms with Gasteiger partial charge in [-0.2, -0.15) is 0 Å². The summed E-state index contributed by atoms with van der Waals surface area (Å²) in [7, 11) is 1.57. The smallest absolute Gasteiger partial charge is 0.224 e. The van der Waals surface area contributed by atoms with Gasteiger partial charge in [-0.05, 0) is 35.4 Å². The van der Waals surface area contributed by atoms with Gasteiger partial charge in [0, 0.05) is 11.6 Å². The van der Waals surface area contributed by atoms with E-state index < -0.39 is 0 Å². The molecule has 0 aliphatic carbocycles. The molecule has 2 aromatic carbocycles. The molecule has 0 radical (unpaired) electrons. The number of halogens is 1. The molecule has 110 valence electrons. The van der Waals surface area contributed by atoms with Crippen molar-refractivity contribution in [3.8, 4) is 5.75 Å². The molecule has 0 aliphatic heterocycles. The highest BCUT2D eigenvalue weighted by Crippen LogP contribution is 2.21. The van der Waals surface area contributed by atoms with Gasteiger partial charge in [0.05, 0.1) is 19.2 Å². The molecule has 5 heteroatoms. The van der Waals surface area contributed by atoms with Crippen molar-refractivity contribution < 1.29 is 9.53 Å². The van der Waals surface area contributed by atoms with Gasteiger partial charge < -0.3 is 15.8 Å². The Balaban J connectivity index is 1.89. The van der Waals surface area contributed by atoms with Crippen molar-refractivity contribution in [1.82, 2.24) is 5.32 Å². The number of amides is 1. The van der Waals surface area contributed by atoms with Crippen molar-refractivity contribution in [2.24, 2.45) is 0 Å². The van der Waals surface area contributed by atoms with Gasteiger partial charge in [-0.1, -0.05) is 29.8 Å². The Morgan fingerprint density at radius 1 is 1.19 bits per heavy atom. The number of nitrogens with one attached hydrogen (secondary N) is 1. The summed E-state index contributed by atoms with van der Waals surface area (Å²) < 4.78 is 5.09. The number of hydrogen-bond acceptors (Lipinski definition) is 3. The lowest BCUT2D eigenvalue weighted by Gasteiger charge is -2.09. The molecule has 0 atom stereocenters. The maximum Gasteiger partial charge on any atom is 0.224 e. The monoisotopic (exact) mass is 304 g/mol. The number of anilines is 1. The van der Waals surface area contributed by atoms with E-state index in [0.29, 0.717) is 29.4 Å². The van der Waals surface area contributed by atoms with Crippen molar-refractivity contribution in [2.75, 3.05) is 12.8 Å². The largest absolute Gasteiger partial charge is 0.495 e. The number of carbonyl (C=O) groups excluding carboxylic acids is 1. The van der Waals surface area contributed by atoms with Crippen LogP contribution in [-0.2, 0) is 17.8 Å². The highest BCUT2D eigenvalue weighted by Gasteiger charge is 2.05. The molecule has 21 heavy (non-hydrogen) atoms. The van der Waals surface area contributed by atoms with E-state index in [4.69, 9.17) is 22.1 Å². The Morgan fingerprint density at radius 2 is 1.86 bits per heavy atom. The minimum atomic E-state index is -0.0493. The quantitative estimate of drug-likeness (QED) is 0.835. The van der Waals surface area contributed by atoms with Gasteiger partial charge in [-0.15, -0.1) is 0 Å². The van der Waals surface area contributed by atoms with E-state index in [0.717, 1.165) is 11.1 Å². The van der Waals surface area contributed by atoms with Crippen LogP contribution >= 0.6 is 11.6 Å². The first kappa shape index (κ1) is 15.2. The van der Waals surface area contributed by atoms with Crippen LogP contribution in [0.5, 0.6) is 5.75 Å². The molecule has 0 saturated heterocycles. The predicted molar refractivity (Wildman–Crippen MR) is 84.4 cm³/mol. The third-order valence-corrected chi connectivity index (χ3v) is 3.31. The summed E-state index contributed by atoms with van der Waals surface area (Å²) in [6.07, 6.45) is 0.322. The summed E-state index contributed by atoms with van der Waals surface area (Å²) in [4.78, 5) is 11.9. The molecule has 0 fully saturated rings. The summed E-state index contributed by atoms with van der Waals surface area (Å²) in [6, 6.07) is 12.7. The highest BCUT2D eigenvalue weighted by atomic mass is 35.5. The predicted octanol–water partition coefficient (Wildman–Crippen LogP) is 2.79. The fraction of sp³-hybridized carbons (Fsp3) is 0.188. The lowest BCUT2D eigenvalue weighted by atomic mass is 10.1. The zero-order valence-corrected chi connectivity index (χ0v) is 12.5. The van der Waals surface area contributed by atoms with E-state index in [9.17, 15) is 4.79 Å². The van der Waals surface area contributed by atoms with Gasteiger partial charge in [-0.3, -0.25) is 4.79 Å². The Morgan fingerprint density at radius 3 is 2.48 bits per heavy atom. The summed E-state index contributed by atoms with van der Waals surface area (Å²) in [6.45, 7) is 0.431. The Kier molecular flexibility index (Phi) is 5.06. The fourth-order valence-electron chi connectivity index (χ4n) is 1.94. The summed E-state index contributed by atoms with van der Waals surface area (Å²) in [5.74, 6) is 0.581. The van der Waals surface area contributed by atoms with Crippen LogP contribution in [0.15, 0.2) is 42.5 Å². The van der Waals surface area contributed by atoms with E-state index in [2.05, 4.69) is 5.32 Å². The van der Waals surface area contributed by atoms with Gasteiger partial charge in [0.2, 0.25) is 5.91 Å². The second-order valence-corrected chi connectivity index (χ2v) is 5.09. The minimum absolute atomic E-state index is 0.0493. The van der Waals surface area contributed by atoms with Crippen molar-refractivity contribution in [3.05, 3.63) is 58.6 Å². The first-order chi connectivity index (χ1) is 10.1. The van der Waals surface area contributed by atoms with Gasteiger partial charge in [0.1, 0.15) is 5.75 Å². The molecule has 2 rings (SSSR count). The zero-order chi connectivity index (χ0) is 15.2. The van der Waals surface area contributed by atoms with E-state index in [1.54, 1.807) is 31.4 Å². The molecule has 0 aliphatic rings. The van der Waals surface area contributed by atoms with Crippen LogP contribution in [0, 0.1) is 0 Å². The molecule has 3 N–H and O–H groups in total. The zero-order valence-electron chi connectivity index (χ0n) is 11.7. The van der Waals surface area contributed by atoms with Crippen LogP contribution in [0.4, 0.5) is 5.69 Å². The van der Waals surface area contributed by atoms with Crippen LogP contribution in [0.2, 0.25) is 5.02 Å². The second-order valence-electron chi connectivity index (χ2n) is 4.66. The van der Waals surface area contributed by atoms with E-state index in [-0.39, 0.29) is 5.91 Å². The van der Waals surface area contributed by atoms with Crippen molar-refractivity contribution >= 4 is 23.2 Å². The minimum Gasteiger partial charge on any atom is -0.495 e. The molecule has 0 spiro atoms. The topological polar surface area (TPSA) is 64.3 Å². The number of benzene rings is 2. The molecule has 4 nitrogen and oxygen atoms in total. The summed E-state index contributed by atoms with van der Waals surface area (Å²) >= 11 is 5.81. The number of methoxy groups -OCH3 is 1. The van der Waals surface area contributed by atoms with Gasteiger partial charge in [0.25, 0.3) is 0 Å². The number of carbonyl (C=O) groups is 1. The first-order valence-corrected chi connectivity index (χ1v) is 6.90. The van der Waals surface area contributed by atoms with Gasteiger partial charge >= 0.3 is 0 Å².